The molecule has 1 fully saturated rings. The Hall–Kier alpha value is -2.51. The molecule has 182 valence electrons. The van der Waals surface area contributed by atoms with Crippen LogP contribution in [0.15, 0.2) is 36.9 Å². The van der Waals surface area contributed by atoms with Crippen LogP contribution < -0.4 is 4.90 Å². The van der Waals surface area contributed by atoms with Crippen LogP contribution >= 0.6 is 0 Å². The number of carbonyl (C=O) groups is 3. The largest absolute Gasteiger partial charge is 0.459 e. The van der Waals surface area contributed by atoms with Gasteiger partial charge in [0.1, 0.15) is 17.5 Å². The van der Waals surface area contributed by atoms with Crippen LogP contribution in [0.25, 0.3) is 0 Å². The zero-order valence-electron chi connectivity index (χ0n) is 20.5. The number of hydrogen-bond acceptors (Lipinski definition) is 7. The van der Waals surface area contributed by atoms with Gasteiger partial charge in [0, 0.05) is 50.4 Å². The van der Waals surface area contributed by atoms with Gasteiger partial charge in [-0.2, -0.15) is 0 Å². The molecule has 33 heavy (non-hydrogen) atoms. The number of ketones is 1. The molecule has 0 bridgehead atoms. The number of carbonyl (C=O) groups excluding carboxylic acids is 3. The SMILES string of the molecule is C=CC(=O)C(C)(C)OCCC(C)(CC)OC(=O)CCN1CCN(c2ccc(C=O)cc2)CC1. The summed E-state index contributed by atoms with van der Waals surface area (Å²) in [6.45, 7) is 15.3. The van der Waals surface area contributed by atoms with E-state index in [0.717, 1.165) is 38.2 Å². The van der Waals surface area contributed by atoms with Crippen molar-refractivity contribution < 1.29 is 23.9 Å². The van der Waals surface area contributed by atoms with Crippen LogP contribution in [-0.2, 0) is 19.1 Å². The van der Waals surface area contributed by atoms with E-state index < -0.39 is 11.2 Å². The van der Waals surface area contributed by atoms with Gasteiger partial charge in [0.25, 0.3) is 0 Å². The molecule has 1 heterocycles. The van der Waals surface area contributed by atoms with E-state index >= 15 is 0 Å². The molecule has 0 aliphatic carbocycles. The molecule has 0 radical (unpaired) electrons. The third-order valence-electron chi connectivity index (χ3n) is 6.38. The van der Waals surface area contributed by atoms with Crippen molar-refractivity contribution in [1.82, 2.24) is 4.90 Å². The van der Waals surface area contributed by atoms with E-state index in [1.807, 2.05) is 38.1 Å². The molecule has 0 saturated carbocycles. The van der Waals surface area contributed by atoms with Gasteiger partial charge in [0.15, 0.2) is 5.78 Å². The summed E-state index contributed by atoms with van der Waals surface area (Å²) in [6, 6.07) is 7.61. The van der Waals surface area contributed by atoms with Gasteiger partial charge in [-0.05, 0) is 57.5 Å². The van der Waals surface area contributed by atoms with Crippen molar-refractivity contribution in [3.8, 4) is 0 Å². The minimum absolute atomic E-state index is 0.171. The lowest BCUT2D eigenvalue weighted by Crippen LogP contribution is -2.47. The summed E-state index contributed by atoms with van der Waals surface area (Å²) >= 11 is 0. The predicted molar refractivity (Wildman–Crippen MR) is 130 cm³/mol. The Morgan fingerprint density at radius 3 is 2.27 bits per heavy atom. The molecule has 1 atom stereocenters. The molecule has 1 aliphatic heterocycles. The molecule has 0 aromatic heterocycles. The van der Waals surface area contributed by atoms with Gasteiger partial charge in [0.2, 0.25) is 0 Å². The van der Waals surface area contributed by atoms with Gasteiger partial charge < -0.3 is 14.4 Å². The van der Waals surface area contributed by atoms with Gasteiger partial charge in [0.05, 0.1) is 13.0 Å². The number of ether oxygens (including phenoxy) is 2. The van der Waals surface area contributed by atoms with Gasteiger partial charge in [-0.25, -0.2) is 0 Å². The first-order valence-electron chi connectivity index (χ1n) is 11.7. The molecule has 1 aromatic carbocycles. The van der Waals surface area contributed by atoms with Gasteiger partial charge in [-0.3, -0.25) is 19.3 Å². The third kappa shape index (κ3) is 8.09. The lowest BCUT2D eigenvalue weighted by molar-refractivity contribution is -0.163. The number of aldehydes is 1. The van der Waals surface area contributed by atoms with Crippen LogP contribution in [-0.4, -0.2) is 73.5 Å². The number of nitrogens with zero attached hydrogens (tertiary/aromatic N) is 2. The standard InChI is InChI=1S/C26H38N2O5/c1-6-23(30)25(3,4)32-19-13-26(5,7-2)33-24(31)12-14-27-15-17-28(18-16-27)22-10-8-21(20-29)9-11-22/h6,8-11,20H,1,7,12-19H2,2-5H3. The molecule has 0 amide bonds. The zero-order chi connectivity index (χ0) is 24.5. The summed E-state index contributed by atoms with van der Waals surface area (Å²) in [4.78, 5) is 39.8. The number of hydrogen-bond donors (Lipinski definition) is 0. The molecule has 0 spiro atoms. The van der Waals surface area contributed by atoms with E-state index in [9.17, 15) is 14.4 Å². The monoisotopic (exact) mass is 458 g/mol. The van der Waals surface area contributed by atoms with Gasteiger partial charge >= 0.3 is 5.97 Å². The Labute approximate surface area is 197 Å². The van der Waals surface area contributed by atoms with Crippen molar-refractivity contribution in [1.29, 1.82) is 0 Å². The summed E-state index contributed by atoms with van der Waals surface area (Å²) in [5, 5.41) is 0. The fraction of sp³-hybridized carbons (Fsp3) is 0.577. The molecule has 7 nitrogen and oxygen atoms in total. The Bertz CT molecular complexity index is 812. The lowest BCUT2D eigenvalue weighted by atomic mass is 9.98. The second kappa shape index (κ2) is 12.1. The average molecular weight is 459 g/mol. The normalized spacial score (nSPS) is 16.7. The second-order valence-corrected chi connectivity index (χ2v) is 9.24. The Morgan fingerprint density at radius 2 is 1.73 bits per heavy atom. The fourth-order valence-electron chi connectivity index (χ4n) is 3.71. The topological polar surface area (TPSA) is 76.2 Å². The second-order valence-electron chi connectivity index (χ2n) is 9.24. The molecular weight excluding hydrogens is 420 g/mol. The maximum atomic E-state index is 12.5. The predicted octanol–water partition coefficient (Wildman–Crippen LogP) is 3.66. The minimum Gasteiger partial charge on any atom is -0.459 e. The quantitative estimate of drug-likeness (QED) is 0.254. The van der Waals surface area contributed by atoms with E-state index in [2.05, 4.69) is 16.4 Å². The van der Waals surface area contributed by atoms with E-state index in [0.29, 0.717) is 38.0 Å². The van der Waals surface area contributed by atoms with E-state index in [4.69, 9.17) is 9.47 Å². The minimum atomic E-state index is -0.931. The smallest absolute Gasteiger partial charge is 0.307 e. The molecule has 1 aliphatic rings. The van der Waals surface area contributed by atoms with Crippen molar-refractivity contribution in [2.45, 2.75) is 58.2 Å². The van der Waals surface area contributed by atoms with Crippen LogP contribution in [0.4, 0.5) is 5.69 Å². The molecule has 1 saturated heterocycles. The first-order chi connectivity index (χ1) is 15.6. The highest BCUT2D eigenvalue weighted by Crippen LogP contribution is 2.23. The summed E-state index contributed by atoms with van der Waals surface area (Å²) < 4.78 is 11.5. The lowest BCUT2D eigenvalue weighted by Gasteiger charge is -2.36. The highest BCUT2D eigenvalue weighted by molar-refractivity contribution is 5.95. The summed E-state index contributed by atoms with van der Waals surface area (Å²) in [7, 11) is 0. The van der Waals surface area contributed by atoms with E-state index in [1.165, 1.54) is 6.08 Å². The van der Waals surface area contributed by atoms with Crippen molar-refractivity contribution in [2.24, 2.45) is 0 Å². The molecule has 2 rings (SSSR count). The first-order valence-corrected chi connectivity index (χ1v) is 11.7. The van der Waals surface area contributed by atoms with Crippen LogP contribution in [0.1, 0.15) is 57.3 Å². The summed E-state index contributed by atoms with van der Waals surface area (Å²) in [5.41, 5.74) is 0.226. The number of rotatable bonds is 13. The molecule has 1 unspecified atom stereocenters. The molecule has 7 heteroatoms. The number of piperazine rings is 1. The third-order valence-corrected chi connectivity index (χ3v) is 6.38. The van der Waals surface area contributed by atoms with Crippen LogP contribution in [0.3, 0.4) is 0 Å². The van der Waals surface area contributed by atoms with E-state index in [-0.39, 0.29) is 11.8 Å². The first kappa shape index (κ1) is 26.7. The summed E-state index contributed by atoms with van der Waals surface area (Å²) in [6.07, 6.45) is 3.64. The van der Waals surface area contributed by atoms with Crippen molar-refractivity contribution in [2.75, 3.05) is 44.2 Å². The van der Waals surface area contributed by atoms with Gasteiger partial charge in [-0.15, -0.1) is 0 Å². The summed E-state index contributed by atoms with van der Waals surface area (Å²) in [5.74, 6) is -0.386. The van der Waals surface area contributed by atoms with Crippen molar-refractivity contribution in [3.63, 3.8) is 0 Å². The molecular formula is C26H38N2O5. The Balaban J connectivity index is 1.74. The van der Waals surface area contributed by atoms with Gasteiger partial charge in [-0.1, -0.05) is 13.5 Å². The molecule has 0 N–H and O–H groups in total. The van der Waals surface area contributed by atoms with Crippen molar-refractivity contribution >= 4 is 23.7 Å². The van der Waals surface area contributed by atoms with Crippen molar-refractivity contribution in [3.05, 3.63) is 42.5 Å². The number of benzene rings is 1. The average Bonchev–Trinajstić information content (AvgIpc) is 2.82. The fourth-order valence-corrected chi connectivity index (χ4v) is 3.71. The zero-order valence-corrected chi connectivity index (χ0v) is 20.5. The number of anilines is 1. The molecule has 1 aromatic rings. The maximum absolute atomic E-state index is 12.5. The Morgan fingerprint density at radius 1 is 1.09 bits per heavy atom. The van der Waals surface area contributed by atoms with E-state index in [1.54, 1.807) is 13.8 Å². The van der Waals surface area contributed by atoms with Crippen LogP contribution in [0.5, 0.6) is 0 Å². The van der Waals surface area contributed by atoms with Crippen LogP contribution in [0, 0.1) is 0 Å². The van der Waals surface area contributed by atoms with Crippen LogP contribution in [0.2, 0.25) is 0 Å². The highest BCUT2D eigenvalue weighted by atomic mass is 16.6. The highest BCUT2D eigenvalue weighted by Gasteiger charge is 2.30. The number of esters is 1. The maximum Gasteiger partial charge on any atom is 0.307 e. The Kier molecular flexibility index (Phi) is 9.80.